The molecule has 0 fully saturated rings. The van der Waals surface area contributed by atoms with Crippen molar-refractivity contribution in [2.24, 2.45) is 7.05 Å². The van der Waals surface area contributed by atoms with E-state index in [1.54, 1.807) is 20.0 Å². The fraction of sp³-hybridized carbons (Fsp3) is 0.214. The van der Waals surface area contributed by atoms with Crippen molar-refractivity contribution in [3.63, 3.8) is 0 Å². The maximum atomic E-state index is 12.0. The summed E-state index contributed by atoms with van der Waals surface area (Å²) in [6.07, 6.45) is 0. The molecule has 2 aromatic rings. The lowest BCUT2D eigenvalue weighted by Gasteiger charge is -2.07. The second kappa shape index (κ2) is 7.09. The summed E-state index contributed by atoms with van der Waals surface area (Å²) < 4.78 is 6.27. The van der Waals surface area contributed by atoms with Gasteiger partial charge in [0.1, 0.15) is 11.4 Å². The molecule has 1 aromatic heterocycles. The van der Waals surface area contributed by atoms with Crippen LogP contribution in [-0.4, -0.2) is 33.2 Å². The summed E-state index contributed by atoms with van der Waals surface area (Å²) in [4.78, 5) is 34.0. The number of anilines is 1. The van der Waals surface area contributed by atoms with E-state index >= 15 is 0 Å². The molecule has 1 N–H and O–H groups in total. The number of benzene rings is 1. The molecule has 1 amide bonds. The third-order valence-corrected chi connectivity index (χ3v) is 3.21. The van der Waals surface area contributed by atoms with Gasteiger partial charge in [-0.05, 0) is 19.1 Å². The average molecular weight is 353 g/mol. The second-order valence-electron chi connectivity index (χ2n) is 4.84. The van der Waals surface area contributed by atoms with Crippen molar-refractivity contribution in [1.82, 2.24) is 9.78 Å². The lowest BCUT2D eigenvalue weighted by molar-refractivity contribution is -0.385. The van der Waals surface area contributed by atoms with Crippen molar-refractivity contribution in [2.75, 3.05) is 11.9 Å². The number of rotatable bonds is 5. The minimum atomic E-state index is -1.01. The van der Waals surface area contributed by atoms with Gasteiger partial charge in [-0.25, -0.2) is 4.79 Å². The minimum Gasteiger partial charge on any atom is -0.452 e. The van der Waals surface area contributed by atoms with Crippen LogP contribution >= 0.6 is 11.6 Å². The molecule has 0 saturated heterocycles. The maximum Gasteiger partial charge on any atom is 0.345 e. The van der Waals surface area contributed by atoms with E-state index in [-0.39, 0.29) is 10.6 Å². The molecule has 24 heavy (non-hydrogen) atoms. The zero-order valence-corrected chi connectivity index (χ0v) is 13.5. The van der Waals surface area contributed by atoms with Gasteiger partial charge in [0.15, 0.2) is 6.61 Å². The number of nitro groups is 1. The highest BCUT2D eigenvalue weighted by Gasteiger charge is 2.22. The molecule has 0 aliphatic rings. The molecule has 9 nitrogen and oxygen atoms in total. The van der Waals surface area contributed by atoms with Gasteiger partial charge in [-0.3, -0.25) is 19.6 Å². The van der Waals surface area contributed by atoms with Gasteiger partial charge in [0, 0.05) is 24.2 Å². The number of nitrogens with one attached hydrogen (secondary N) is 1. The molecule has 0 aliphatic heterocycles. The summed E-state index contributed by atoms with van der Waals surface area (Å²) >= 11 is 5.74. The molecule has 0 spiro atoms. The number of esters is 1. The van der Waals surface area contributed by atoms with Crippen molar-refractivity contribution in [2.45, 2.75) is 6.92 Å². The second-order valence-corrected chi connectivity index (χ2v) is 5.27. The van der Waals surface area contributed by atoms with Gasteiger partial charge in [-0.15, -0.1) is 0 Å². The van der Waals surface area contributed by atoms with Crippen LogP contribution in [0.1, 0.15) is 16.1 Å². The van der Waals surface area contributed by atoms with E-state index in [9.17, 15) is 19.7 Å². The highest BCUT2D eigenvalue weighted by molar-refractivity contribution is 6.31. The van der Waals surface area contributed by atoms with Crippen molar-refractivity contribution >= 4 is 35.0 Å². The predicted octanol–water partition coefficient (Wildman–Crippen LogP) is 2.09. The molecule has 10 heteroatoms. The van der Waals surface area contributed by atoms with E-state index in [2.05, 4.69) is 10.4 Å². The van der Waals surface area contributed by atoms with Gasteiger partial charge in [-0.1, -0.05) is 11.6 Å². The third kappa shape index (κ3) is 4.07. The highest BCUT2D eigenvalue weighted by atomic mass is 35.5. The lowest BCUT2D eigenvalue weighted by Crippen LogP contribution is -2.22. The quantitative estimate of drug-likeness (QED) is 0.500. The van der Waals surface area contributed by atoms with Gasteiger partial charge >= 0.3 is 5.97 Å². The molecule has 0 saturated carbocycles. The van der Waals surface area contributed by atoms with Gasteiger partial charge in [0.2, 0.25) is 0 Å². The minimum absolute atomic E-state index is 0.141. The summed E-state index contributed by atoms with van der Waals surface area (Å²) in [7, 11) is 1.64. The Morgan fingerprint density at radius 1 is 1.42 bits per heavy atom. The van der Waals surface area contributed by atoms with Crippen LogP contribution in [0.25, 0.3) is 0 Å². The summed E-state index contributed by atoms with van der Waals surface area (Å²) in [6, 6.07) is 5.14. The van der Waals surface area contributed by atoms with Crippen molar-refractivity contribution in [1.29, 1.82) is 0 Å². The highest BCUT2D eigenvalue weighted by Crippen LogP contribution is 2.23. The van der Waals surface area contributed by atoms with Crippen LogP contribution < -0.4 is 5.32 Å². The number of nitrogens with zero attached hydrogens (tertiary/aromatic N) is 3. The number of carbonyl (C=O) groups excluding carboxylic acids is 2. The maximum absolute atomic E-state index is 12.0. The van der Waals surface area contributed by atoms with Crippen LogP contribution in [0, 0.1) is 17.0 Å². The van der Waals surface area contributed by atoms with Gasteiger partial charge in [0.25, 0.3) is 11.6 Å². The molecular formula is C14H13ClN4O5. The molecule has 0 radical (unpaired) electrons. The number of amides is 1. The van der Waals surface area contributed by atoms with Crippen molar-refractivity contribution in [3.05, 3.63) is 50.7 Å². The number of hydrogen-bond acceptors (Lipinski definition) is 6. The molecule has 0 atom stereocenters. The molecule has 0 bridgehead atoms. The van der Waals surface area contributed by atoms with Gasteiger partial charge in [-0.2, -0.15) is 5.10 Å². The molecular weight excluding hydrogens is 340 g/mol. The Kier molecular flexibility index (Phi) is 5.14. The Morgan fingerprint density at radius 3 is 2.71 bits per heavy atom. The van der Waals surface area contributed by atoms with E-state index in [1.807, 2.05) is 0 Å². The van der Waals surface area contributed by atoms with E-state index in [4.69, 9.17) is 16.3 Å². The smallest absolute Gasteiger partial charge is 0.345 e. The Bertz CT molecular complexity index is 817. The Hall–Kier alpha value is -2.94. The molecule has 2 rings (SSSR count). The number of hydrogen-bond donors (Lipinski definition) is 1. The number of nitro benzene ring substituents is 1. The summed E-state index contributed by atoms with van der Waals surface area (Å²) in [5.41, 5.74) is -0.0666. The zero-order valence-electron chi connectivity index (χ0n) is 12.8. The third-order valence-electron chi connectivity index (χ3n) is 2.98. The Balaban J connectivity index is 2.03. The number of halogens is 1. The van der Waals surface area contributed by atoms with Crippen LogP contribution in [0.4, 0.5) is 11.5 Å². The number of aromatic nitrogens is 2. The van der Waals surface area contributed by atoms with Crippen LogP contribution in [0.2, 0.25) is 5.02 Å². The summed E-state index contributed by atoms with van der Waals surface area (Å²) in [6.45, 7) is 1.15. The number of aryl methyl sites for hydroxylation is 2. The van der Waals surface area contributed by atoms with E-state index in [0.29, 0.717) is 11.5 Å². The predicted molar refractivity (Wildman–Crippen MR) is 85.0 cm³/mol. The lowest BCUT2D eigenvalue weighted by atomic mass is 10.2. The summed E-state index contributed by atoms with van der Waals surface area (Å²) in [5.74, 6) is -1.18. The monoisotopic (exact) mass is 352 g/mol. The first kappa shape index (κ1) is 17.4. The zero-order chi connectivity index (χ0) is 17.9. The molecule has 0 aliphatic carbocycles. The molecule has 0 unspecified atom stereocenters. The van der Waals surface area contributed by atoms with Crippen molar-refractivity contribution in [3.8, 4) is 0 Å². The molecule has 1 aromatic carbocycles. The standard InChI is InChI=1S/C14H13ClN4O5/c1-8-5-12(18(2)17-8)16-13(20)7-24-14(21)10-6-9(15)3-4-11(10)19(22)23/h3-6H,7H2,1-2H3,(H,16,20). The van der Waals surface area contributed by atoms with E-state index in [0.717, 1.165) is 12.1 Å². The van der Waals surface area contributed by atoms with Gasteiger partial charge in [0.05, 0.1) is 10.6 Å². The van der Waals surface area contributed by atoms with Crippen molar-refractivity contribution < 1.29 is 19.2 Å². The Labute approximate surface area is 141 Å². The first-order valence-electron chi connectivity index (χ1n) is 6.69. The fourth-order valence-corrected chi connectivity index (χ4v) is 2.12. The largest absolute Gasteiger partial charge is 0.452 e. The summed E-state index contributed by atoms with van der Waals surface area (Å²) in [5, 5.41) is 17.6. The fourth-order valence-electron chi connectivity index (χ4n) is 1.95. The first-order valence-corrected chi connectivity index (χ1v) is 7.07. The molecule has 126 valence electrons. The van der Waals surface area contributed by atoms with Crippen LogP contribution in [0.3, 0.4) is 0 Å². The van der Waals surface area contributed by atoms with Gasteiger partial charge < -0.3 is 10.1 Å². The number of ether oxygens (including phenoxy) is 1. The number of carbonyl (C=O) groups is 2. The van der Waals surface area contributed by atoms with E-state index in [1.165, 1.54) is 10.7 Å². The Morgan fingerprint density at radius 2 is 2.12 bits per heavy atom. The first-order chi connectivity index (χ1) is 11.3. The normalized spacial score (nSPS) is 10.3. The van der Waals surface area contributed by atoms with Crippen LogP contribution in [-0.2, 0) is 16.6 Å². The average Bonchev–Trinajstić information content (AvgIpc) is 2.82. The van der Waals surface area contributed by atoms with Crippen LogP contribution in [0.5, 0.6) is 0 Å². The van der Waals surface area contributed by atoms with Crippen LogP contribution in [0.15, 0.2) is 24.3 Å². The van der Waals surface area contributed by atoms with E-state index < -0.39 is 29.1 Å². The topological polar surface area (TPSA) is 116 Å². The SMILES string of the molecule is Cc1cc(NC(=O)COC(=O)c2cc(Cl)ccc2[N+](=O)[O-])n(C)n1. The molecule has 1 heterocycles.